The minimum absolute atomic E-state index is 0.0588. The SMILES string of the molecule is COc1ccc(C(=O)NC(C)CCc2ccco2)c2ccccc12. The predicted octanol–water partition coefficient (Wildman–Crippen LogP) is 4.19. The molecule has 1 atom stereocenters. The van der Waals surface area contributed by atoms with Gasteiger partial charge >= 0.3 is 0 Å². The summed E-state index contributed by atoms with van der Waals surface area (Å²) in [5, 5.41) is 4.90. The molecule has 1 N–H and O–H groups in total. The predicted molar refractivity (Wildman–Crippen MR) is 94.5 cm³/mol. The maximum atomic E-state index is 12.7. The second kappa shape index (κ2) is 7.21. The van der Waals surface area contributed by atoms with E-state index in [4.69, 9.17) is 9.15 Å². The number of fused-ring (bicyclic) bond motifs is 1. The van der Waals surface area contributed by atoms with E-state index in [0.29, 0.717) is 5.56 Å². The van der Waals surface area contributed by atoms with Crippen LogP contribution in [0, 0.1) is 0 Å². The molecule has 0 spiro atoms. The van der Waals surface area contributed by atoms with Gasteiger partial charge in [0.2, 0.25) is 0 Å². The Balaban J connectivity index is 1.74. The Morgan fingerprint density at radius 3 is 2.62 bits per heavy atom. The van der Waals surface area contributed by atoms with Gasteiger partial charge in [0, 0.05) is 23.4 Å². The Bertz CT molecular complexity index is 824. The highest BCUT2D eigenvalue weighted by molar-refractivity contribution is 6.08. The Hall–Kier alpha value is -2.75. The van der Waals surface area contributed by atoms with Gasteiger partial charge in [-0.25, -0.2) is 0 Å². The molecule has 124 valence electrons. The minimum atomic E-state index is -0.0687. The summed E-state index contributed by atoms with van der Waals surface area (Å²) in [6.45, 7) is 2.01. The van der Waals surface area contributed by atoms with Crippen molar-refractivity contribution in [1.29, 1.82) is 0 Å². The van der Waals surface area contributed by atoms with Crippen molar-refractivity contribution in [3.05, 3.63) is 66.1 Å². The van der Waals surface area contributed by atoms with Crippen LogP contribution < -0.4 is 10.1 Å². The third kappa shape index (κ3) is 3.43. The van der Waals surface area contributed by atoms with Crippen LogP contribution in [0.25, 0.3) is 10.8 Å². The maximum Gasteiger partial charge on any atom is 0.252 e. The first kappa shape index (κ1) is 16.1. The molecule has 1 amide bonds. The molecule has 2 aromatic carbocycles. The number of methoxy groups -OCH3 is 1. The van der Waals surface area contributed by atoms with Gasteiger partial charge in [0.05, 0.1) is 13.4 Å². The van der Waals surface area contributed by atoms with E-state index in [-0.39, 0.29) is 11.9 Å². The third-order valence-corrected chi connectivity index (χ3v) is 4.13. The summed E-state index contributed by atoms with van der Waals surface area (Å²) >= 11 is 0. The summed E-state index contributed by atoms with van der Waals surface area (Å²) in [6.07, 6.45) is 3.30. The highest BCUT2D eigenvalue weighted by Crippen LogP contribution is 2.28. The number of benzene rings is 2. The molecule has 0 aliphatic carbocycles. The number of carbonyl (C=O) groups is 1. The molecule has 0 radical (unpaired) electrons. The maximum absolute atomic E-state index is 12.7. The lowest BCUT2D eigenvalue weighted by Crippen LogP contribution is -2.33. The zero-order valence-corrected chi connectivity index (χ0v) is 13.9. The van der Waals surface area contributed by atoms with E-state index in [1.54, 1.807) is 13.4 Å². The molecule has 3 rings (SSSR count). The Kier molecular flexibility index (Phi) is 4.85. The summed E-state index contributed by atoms with van der Waals surface area (Å²) in [6, 6.07) is 15.3. The highest BCUT2D eigenvalue weighted by atomic mass is 16.5. The summed E-state index contributed by atoms with van der Waals surface area (Å²) in [5.74, 6) is 1.64. The van der Waals surface area contributed by atoms with Crippen molar-refractivity contribution in [3.63, 3.8) is 0 Å². The number of nitrogens with one attached hydrogen (secondary N) is 1. The monoisotopic (exact) mass is 323 g/mol. The lowest BCUT2D eigenvalue weighted by atomic mass is 10.0. The van der Waals surface area contributed by atoms with Crippen molar-refractivity contribution in [3.8, 4) is 5.75 Å². The fraction of sp³-hybridized carbons (Fsp3) is 0.250. The van der Waals surface area contributed by atoms with E-state index in [1.807, 2.05) is 55.5 Å². The second-order valence-electron chi connectivity index (χ2n) is 5.85. The largest absolute Gasteiger partial charge is 0.496 e. The van der Waals surface area contributed by atoms with E-state index >= 15 is 0 Å². The van der Waals surface area contributed by atoms with Crippen molar-refractivity contribution < 1.29 is 13.9 Å². The molecular weight excluding hydrogens is 302 g/mol. The van der Waals surface area contributed by atoms with Crippen LogP contribution in [0.3, 0.4) is 0 Å². The van der Waals surface area contributed by atoms with E-state index in [1.165, 1.54) is 0 Å². The normalized spacial score (nSPS) is 12.1. The minimum Gasteiger partial charge on any atom is -0.496 e. The molecule has 0 bridgehead atoms. The van der Waals surface area contributed by atoms with Gasteiger partial charge in [-0.05, 0) is 43.0 Å². The van der Waals surface area contributed by atoms with Crippen LogP contribution in [-0.4, -0.2) is 19.1 Å². The lowest BCUT2D eigenvalue weighted by molar-refractivity contribution is 0.0940. The van der Waals surface area contributed by atoms with Gasteiger partial charge < -0.3 is 14.5 Å². The zero-order valence-electron chi connectivity index (χ0n) is 13.9. The lowest BCUT2D eigenvalue weighted by Gasteiger charge is -2.15. The number of aryl methyl sites for hydroxylation is 1. The van der Waals surface area contributed by atoms with E-state index in [9.17, 15) is 4.79 Å². The zero-order chi connectivity index (χ0) is 16.9. The molecule has 0 saturated carbocycles. The molecule has 4 nitrogen and oxygen atoms in total. The van der Waals surface area contributed by atoms with Gasteiger partial charge in [0.15, 0.2) is 0 Å². The first-order valence-corrected chi connectivity index (χ1v) is 8.08. The van der Waals surface area contributed by atoms with E-state index < -0.39 is 0 Å². The number of carbonyl (C=O) groups excluding carboxylic acids is 1. The van der Waals surface area contributed by atoms with Gasteiger partial charge in [-0.1, -0.05) is 24.3 Å². The smallest absolute Gasteiger partial charge is 0.252 e. The molecular formula is C20H21NO3. The quantitative estimate of drug-likeness (QED) is 0.740. The van der Waals surface area contributed by atoms with Gasteiger partial charge in [0.25, 0.3) is 5.91 Å². The van der Waals surface area contributed by atoms with Crippen LogP contribution in [0.2, 0.25) is 0 Å². The number of ether oxygens (including phenoxy) is 1. The van der Waals surface area contributed by atoms with Crippen molar-refractivity contribution in [1.82, 2.24) is 5.32 Å². The van der Waals surface area contributed by atoms with Crippen LogP contribution in [0.4, 0.5) is 0 Å². The first-order chi connectivity index (χ1) is 11.7. The van der Waals surface area contributed by atoms with Crippen molar-refractivity contribution in [2.75, 3.05) is 7.11 Å². The second-order valence-corrected chi connectivity index (χ2v) is 5.85. The Morgan fingerprint density at radius 1 is 1.12 bits per heavy atom. The summed E-state index contributed by atoms with van der Waals surface area (Å²) in [5.41, 5.74) is 0.663. The third-order valence-electron chi connectivity index (χ3n) is 4.13. The van der Waals surface area contributed by atoms with Crippen LogP contribution >= 0.6 is 0 Å². The van der Waals surface area contributed by atoms with Crippen LogP contribution in [-0.2, 0) is 6.42 Å². The standard InChI is InChI=1S/C20H21NO3/c1-14(9-10-15-6-5-13-24-15)21-20(22)18-11-12-19(23-2)17-8-4-3-7-16(17)18/h3-8,11-14H,9-10H2,1-2H3,(H,21,22). The first-order valence-electron chi connectivity index (χ1n) is 8.08. The number of furan rings is 1. The molecule has 3 aromatic rings. The van der Waals surface area contributed by atoms with Gasteiger partial charge in [-0.3, -0.25) is 4.79 Å². The summed E-state index contributed by atoms with van der Waals surface area (Å²) in [4.78, 5) is 12.7. The molecule has 1 unspecified atom stereocenters. The number of hydrogen-bond donors (Lipinski definition) is 1. The molecule has 4 heteroatoms. The highest BCUT2D eigenvalue weighted by Gasteiger charge is 2.15. The van der Waals surface area contributed by atoms with Gasteiger partial charge in [-0.2, -0.15) is 0 Å². The summed E-state index contributed by atoms with van der Waals surface area (Å²) in [7, 11) is 1.64. The average molecular weight is 323 g/mol. The molecule has 0 saturated heterocycles. The number of rotatable bonds is 6. The van der Waals surface area contributed by atoms with Crippen LogP contribution in [0.15, 0.2) is 59.2 Å². The topological polar surface area (TPSA) is 51.5 Å². The Labute approximate surface area is 141 Å². The molecule has 24 heavy (non-hydrogen) atoms. The van der Waals surface area contributed by atoms with Crippen molar-refractivity contribution >= 4 is 16.7 Å². The molecule has 0 aliphatic heterocycles. The van der Waals surface area contributed by atoms with Crippen molar-refractivity contribution in [2.45, 2.75) is 25.8 Å². The molecule has 0 aliphatic rings. The van der Waals surface area contributed by atoms with E-state index in [2.05, 4.69) is 5.32 Å². The van der Waals surface area contributed by atoms with Crippen molar-refractivity contribution in [2.24, 2.45) is 0 Å². The average Bonchev–Trinajstić information content (AvgIpc) is 3.12. The molecule has 1 aromatic heterocycles. The van der Waals surface area contributed by atoms with Crippen LogP contribution in [0.5, 0.6) is 5.75 Å². The molecule has 1 heterocycles. The van der Waals surface area contributed by atoms with Gasteiger partial charge in [-0.15, -0.1) is 0 Å². The summed E-state index contributed by atoms with van der Waals surface area (Å²) < 4.78 is 10.7. The fourth-order valence-electron chi connectivity index (χ4n) is 2.83. The fourth-order valence-corrected chi connectivity index (χ4v) is 2.83. The van der Waals surface area contributed by atoms with E-state index in [0.717, 1.165) is 35.1 Å². The van der Waals surface area contributed by atoms with Gasteiger partial charge in [0.1, 0.15) is 11.5 Å². The number of hydrogen-bond acceptors (Lipinski definition) is 3. The molecule has 0 fully saturated rings. The van der Waals surface area contributed by atoms with Crippen LogP contribution in [0.1, 0.15) is 29.5 Å². The Morgan fingerprint density at radius 2 is 1.92 bits per heavy atom. The number of amides is 1.